The van der Waals surface area contributed by atoms with E-state index in [4.69, 9.17) is 21.4 Å². The number of carbonyl (C=O) groups excluding carboxylic acids is 1. The summed E-state index contributed by atoms with van der Waals surface area (Å²) in [6.07, 6.45) is 0.0114. The van der Waals surface area contributed by atoms with E-state index in [0.717, 1.165) is 0 Å². The molecule has 0 radical (unpaired) electrons. The SMILES string of the molecule is CC(C(=O)N(C)CCOc1ccc(Cl)cc1)N(C)CCC(=O)O. The summed E-state index contributed by atoms with van der Waals surface area (Å²) in [5.74, 6) is -0.249. The van der Waals surface area contributed by atoms with Crippen molar-refractivity contribution in [2.75, 3.05) is 33.8 Å². The van der Waals surface area contributed by atoms with Crippen LogP contribution in [0.4, 0.5) is 0 Å². The molecule has 1 N–H and O–H groups in total. The second-order valence-electron chi connectivity index (χ2n) is 5.36. The average Bonchev–Trinajstić information content (AvgIpc) is 2.52. The lowest BCUT2D eigenvalue weighted by atomic mass is 10.2. The molecule has 6 nitrogen and oxygen atoms in total. The normalized spacial score (nSPS) is 12.0. The third-order valence-electron chi connectivity index (χ3n) is 3.58. The van der Waals surface area contributed by atoms with E-state index >= 15 is 0 Å². The molecule has 1 unspecified atom stereocenters. The number of amides is 1. The van der Waals surface area contributed by atoms with Crippen LogP contribution in [0.3, 0.4) is 0 Å². The molecule has 0 aliphatic carbocycles. The number of hydrogen-bond donors (Lipinski definition) is 1. The highest BCUT2D eigenvalue weighted by Gasteiger charge is 2.21. The van der Waals surface area contributed by atoms with E-state index in [9.17, 15) is 9.59 Å². The van der Waals surface area contributed by atoms with E-state index in [1.54, 1.807) is 55.1 Å². The number of carboxylic acids is 1. The van der Waals surface area contributed by atoms with Crippen molar-refractivity contribution in [3.05, 3.63) is 29.3 Å². The number of carbonyl (C=O) groups is 2. The monoisotopic (exact) mass is 342 g/mol. The van der Waals surface area contributed by atoms with Crippen LogP contribution in [0.25, 0.3) is 0 Å². The standard InChI is InChI=1S/C16H23ClN2O4/c1-12(18(2)9-8-15(20)21)16(22)19(3)10-11-23-14-6-4-13(17)5-7-14/h4-7,12H,8-11H2,1-3H3,(H,20,21). The maximum Gasteiger partial charge on any atom is 0.304 e. The summed E-state index contributed by atoms with van der Waals surface area (Å²) >= 11 is 5.80. The lowest BCUT2D eigenvalue weighted by Crippen LogP contribution is -2.45. The molecule has 0 saturated carbocycles. The number of halogens is 1. The van der Waals surface area contributed by atoms with Crippen LogP contribution in [0.2, 0.25) is 5.02 Å². The van der Waals surface area contributed by atoms with Crippen LogP contribution in [0.5, 0.6) is 5.75 Å². The number of ether oxygens (including phenoxy) is 1. The third kappa shape index (κ3) is 6.88. The molecule has 128 valence electrons. The first-order chi connectivity index (χ1) is 10.8. The summed E-state index contributed by atoms with van der Waals surface area (Å²) < 4.78 is 5.56. The summed E-state index contributed by atoms with van der Waals surface area (Å²) in [5.41, 5.74) is 0. The molecule has 0 bridgehead atoms. The molecule has 0 saturated heterocycles. The number of aliphatic carboxylic acids is 1. The Kier molecular flexibility index (Phi) is 7.85. The summed E-state index contributed by atoms with van der Waals surface area (Å²) in [5, 5.41) is 9.33. The van der Waals surface area contributed by atoms with E-state index in [-0.39, 0.29) is 18.4 Å². The third-order valence-corrected chi connectivity index (χ3v) is 3.83. The molecule has 23 heavy (non-hydrogen) atoms. The van der Waals surface area contributed by atoms with Gasteiger partial charge in [-0.05, 0) is 38.2 Å². The Bertz CT molecular complexity index is 521. The summed E-state index contributed by atoms with van der Waals surface area (Å²) in [6.45, 7) is 2.91. The fraction of sp³-hybridized carbons (Fsp3) is 0.500. The van der Waals surface area contributed by atoms with Crippen molar-refractivity contribution < 1.29 is 19.4 Å². The van der Waals surface area contributed by atoms with E-state index in [1.807, 2.05) is 0 Å². The van der Waals surface area contributed by atoms with E-state index < -0.39 is 5.97 Å². The Morgan fingerprint density at radius 2 is 1.83 bits per heavy atom. The van der Waals surface area contributed by atoms with Crippen LogP contribution in [0.15, 0.2) is 24.3 Å². The second-order valence-corrected chi connectivity index (χ2v) is 5.80. The van der Waals surface area contributed by atoms with Gasteiger partial charge in [0.1, 0.15) is 12.4 Å². The molecule has 0 aliphatic heterocycles. The Labute approximate surface area is 141 Å². The van der Waals surface area contributed by atoms with Crippen LogP contribution >= 0.6 is 11.6 Å². The van der Waals surface area contributed by atoms with E-state index in [2.05, 4.69) is 0 Å². The van der Waals surface area contributed by atoms with Crippen molar-refractivity contribution in [1.29, 1.82) is 0 Å². The van der Waals surface area contributed by atoms with Crippen molar-refractivity contribution in [2.45, 2.75) is 19.4 Å². The minimum Gasteiger partial charge on any atom is -0.492 e. The molecule has 7 heteroatoms. The first kappa shape index (κ1) is 19.3. The molecular weight excluding hydrogens is 320 g/mol. The smallest absolute Gasteiger partial charge is 0.304 e. The number of hydrogen-bond acceptors (Lipinski definition) is 4. The van der Waals surface area contributed by atoms with Gasteiger partial charge in [-0.15, -0.1) is 0 Å². The lowest BCUT2D eigenvalue weighted by molar-refractivity contribution is -0.139. The average molecular weight is 343 g/mol. The quantitative estimate of drug-likeness (QED) is 0.743. The van der Waals surface area contributed by atoms with E-state index in [1.165, 1.54) is 0 Å². The summed E-state index contributed by atoms with van der Waals surface area (Å²) in [6, 6.07) is 6.64. The Balaban J connectivity index is 2.37. The maximum absolute atomic E-state index is 12.3. The van der Waals surface area contributed by atoms with Crippen molar-refractivity contribution in [1.82, 2.24) is 9.80 Å². The molecule has 0 heterocycles. The Morgan fingerprint density at radius 3 is 2.39 bits per heavy atom. The summed E-state index contributed by atoms with van der Waals surface area (Å²) in [4.78, 5) is 26.2. The molecule has 1 aromatic carbocycles. The van der Waals surface area contributed by atoms with Crippen molar-refractivity contribution >= 4 is 23.5 Å². The number of nitrogens with zero attached hydrogens (tertiary/aromatic N) is 2. The van der Waals surface area contributed by atoms with Crippen LogP contribution < -0.4 is 4.74 Å². The number of carboxylic acid groups (broad SMARTS) is 1. The molecule has 1 amide bonds. The Hall–Kier alpha value is -1.79. The van der Waals surface area contributed by atoms with Crippen LogP contribution in [0.1, 0.15) is 13.3 Å². The first-order valence-corrected chi connectivity index (χ1v) is 7.74. The fourth-order valence-electron chi connectivity index (χ4n) is 1.91. The zero-order valence-electron chi connectivity index (χ0n) is 13.7. The Morgan fingerprint density at radius 1 is 1.22 bits per heavy atom. The van der Waals surface area contributed by atoms with Crippen molar-refractivity contribution in [2.24, 2.45) is 0 Å². The summed E-state index contributed by atoms with van der Waals surface area (Å²) in [7, 11) is 3.44. The fourth-order valence-corrected chi connectivity index (χ4v) is 2.04. The predicted octanol–water partition coefficient (Wildman–Crippen LogP) is 1.97. The van der Waals surface area contributed by atoms with Gasteiger partial charge in [0, 0.05) is 18.6 Å². The van der Waals surface area contributed by atoms with Gasteiger partial charge in [0.2, 0.25) is 5.91 Å². The molecule has 0 spiro atoms. The molecule has 1 rings (SSSR count). The van der Waals surface area contributed by atoms with Gasteiger partial charge in [-0.3, -0.25) is 14.5 Å². The van der Waals surface area contributed by atoms with Crippen LogP contribution in [-0.2, 0) is 9.59 Å². The van der Waals surface area contributed by atoms with Gasteiger partial charge >= 0.3 is 5.97 Å². The zero-order valence-corrected chi connectivity index (χ0v) is 14.4. The van der Waals surface area contributed by atoms with Gasteiger partial charge in [-0.1, -0.05) is 11.6 Å². The maximum atomic E-state index is 12.3. The van der Waals surface area contributed by atoms with Gasteiger partial charge < -0.3 is 14.7 Å². The van der Waals surface area contributed by atoms with Gasteiger partial charge in [-0.2, -0.15) is 0 Å². The molecule has 1 atom stereocenters. The molecular formula is C16H23ClN2O4. The molecule has 0 fully saturated rings. The number of rotatable bonds is 9. The topological polar surface area (TPSA) is 70.1 Å². The largest absolute Gasteiger partial charge is 0.492 e. The van der Waals surface area contributed by atoms with Gasteiger partial charge in [0.05, 0.1) is 19.0 Å². The zero-order chi connectivity index (χ0) is 17.4. The van der Waals surface area contributed by atoms with Gasteiger partial charge in [0.15, 0.2) is 0 Å². The van der Waals surface area contributed by atoms with Crippen LogP contribution in [0, 0.1) is 0 Å². The van der Waals surface area contributed by atoms with Crippen LogP contribution in [-0.4, -0.2) is 66.6 Å². The second kappa shape index (κ2) is 9.37. The highest BCUT2D eigenvalue weighted by Crippen LogP contribution is 2.15. The highest BCUT2D eigenvalue weighted by molar-refractivity contribution is 6.30. The minimum atomic E-state index is -0.874. The highest BCUT2D eigenvalue weighted by atomic mass is 35.5. The van der Waals surface area contributed by atoms with Gasteiger partial charge in [-0.25, -0.2) is 0 Å². The minimum absolute atomic E-state index is 0.0114. The lowest BCUT2D eigenvalue weighted by Gasteiger charge is -2.27. The molecule has 0 aromatic heterocycles. The number of benzene rings is 1. The van der Waals surface area contributed by atoms with Crippen molar-refractivity contribution in [3.63, 3.8) is 0 Å². The number of likely N-dealkylation sites (N-methyl/N-ethyl adjacent to an activating group) is 2. The molecule has 0 aliphatic rings. The first-order valence-electron chi connectivity index (χ1n) is 7.36. The molecule has 1 aromatic rings. The van der Waals surface area contributed by atoms with E-state index in [0.29, 0.717) is 30.5 Å². The van der Waals surface area contributed by atoms with Crippen molar-refractivity contribution in [3.8, 4) is 5.75 Å². The predicted molar refractivity (Wildman–Crippen MR) is 88.9 cm³/mol. The van der Waals surface area contributed by atoms with Gasteiger partial charge in [0.25, 0.3) is 0 Å².